The summed E-state index contributed by atoms with van der Waals surface area (Å²) in [7, 11) is -3.60. The Morgan fingerprint density at radius 1 is 0.867 bits per heavy atom. The van der Waals surface area contributed by atoms with Crippen molar-refractivity contribution in [2.24, 2.45) is 0 Å². The van der Waals surface area contributed by atoms with Crippen LogP contribution in [0.25, 0.3) is 0 Å². The number of hydrogen-bond donors (Lipinski definition) is 2. The van der Waals surface area contributed by atoms with Crippen LogP contribution in [0.2, 0.25) is 0 Å². The topological polar surface area (TPSA) is 127 Å². The number of phenols is 1. The Kier molecular flexibility index (Phi) is 5.86. The van der Waals surface area contributed by atoms with Gasteiger partial charge in [-0.3, -0.25) is 9.35 Å². The highest BCUT2D eigenvalue weighted by atomic mass is 32.2. The number of carbonyl (C=O) groups excluding carboxylic acids is 2. The molecule has 0 saturated carbocycles. The summed E-state index contributed by atoms with van der Waals surface area (Å²) in [4.78, 5) is 24.8. The van der Waals surface area contributed by atoms with E-state index in [9.17, 15) is 27.7 Å². The van der Waals surface area contributed by atoms with Crippen molar-refractivity contribution >= 4 is 21.9 Å². The van der Waals surface area contributed by atoms with Crippen LogP contribution in [0.3, 0.4) is 0 Å². The van der Waals surface area contributed by atoms with Gasteiger partial charge in [-0.1, -0.05) is 42.5 Å². The Bertz CT molecular complexity index is 1220. The smallest absolute Gasteiger partial charge is 0.347 e. The highest BCUT2D eigenvalue weighted by molar-refractivity contribution is 7.86. The van der Waals surface area contributed by atoms with Crippen LogP contribution in [0.4, 0.5) is 0 Å². The van der Waals surface area contributed by atoms with Gasteiger partial charge in [-0.2, -0.15) is 8.42 Å². The molecule has 0 aliphatic carbocycles. The monoisotopic (exact) mass is 428 g/mol. The molecular weight excluding hydrogens is 412 g/mol. The molecule has 2 N–H and O–H groups in total. The van der Waals surface area contributed by atoms with Crippen LogP contribution in [0.1, 0.15) is 26.3 Å². The Morgan fingerprint density at radius 2 is 1.50 bits per heavy atom. The van der Waals surface area contributed by atoms with Crippen LogP contribution >= 0.6 is 0 Å². The van der Waals surface area contributed by atoms with E-state index in [-0.39, 0.29) is 33.9 Å². The molecular formula is C21H16O8S. The number of ketones is 1. The predicted molar refractivity (Wildman–Crippen MR) is 106 cm³/mol. The molecule has 0 aromatic heterocycles. The number of phenolic OH excluding ortho intramolecular Hbond substituents is 1. The fourth-order valence-corrected chi connectivity index (χ4v) is 3.37. The molecule has 0 bridgehead atoms. The van der Waals surface area contributed by atoms with E-state index in [0.717, 1.165) is 19.2 Å². The SMILES string of the molecule is COc1cc(OC(=O)c2ccccc2O)c(C(=O)c2ccccc2)cc1S(=O)(=O)O. The van der Waals surface area contributed by atoms with Gasteiger partial charge >= 0.3 is 5.97 Å². The standard InChI is InChI=1S/C21H16O8S/c1-28-18-12-17(29-21(24)14-9-5-6-10-16(14)22)15(11-19(18)30(25,26)27)20(23)13-7-3-2-4-8-13/h2-12,22H,1H3,(H,25,26,27). The van der Waals surface area contributed by atoms with Crippen LogP contribution in [-0.2, 0) is 10.1 Å². The lowest BCUT2D eigenvalue weighted by Gasteiger charge is -2.14. The first-order valence-electron chi connectivity index (χ1n) is 8.52. The molecule has 0 unspecified atom stereocenters. The van der Waals surface area contributed by atoms with E-state index in [4.69, 9.17) is 9.47 Å². The third kappa shape index (κ3) is 4.32. The molecule has 0 aliphatic heterocycles. The summed E-state index contributed by atoms with van der Waals surface area (Å²) in [6.07, 6.45) is 0. The Balaban J connectivity index is 2.16. The van der Waals surface area contributed by atoms with Gasteiger partial charge in [-0.25, -0.2) is 4.79 Å². The number of carbonyl (C=O) groups is 2. The van der Waals surface area contributed by atoms with Crippen molar-refractivity contribution in [3.05, 3.63) is 83.4 Å². The molecule has 0 fully saturated rings. The number of para-hydroxylation sites is 1. The fraction of sp³-hybridized carbons (Fsp3) is 0.0476. The van der Waals surface area contributed by atoms with Crippen molar-refractivity contribution in [2.45, 2.75) is 4.90 Å². The maximum absolute atomic E-state index is 13.0. The van der Waals surface area contributed by atoms with Crippen LogP contribution in [0.5, 0.6) is 17.2 Å². The minimum absolute atomic E-state index is 0.159. The average molecular weight is 428 g/mol. The fourth-order valence-electron chi connectivity index (χ4n) is 2.71. The molecule has 0 heterocycles. The maximum Gasteiger partial charge on any atom is 0.347 e. The number of benzene rings is 3. The van der Waals surface area contributed by atoms with Crippen LogP contribution in [0, 0.1) is 0 Å². The number of rotatable bonds is 6. The lowest BCUT2D eigenvalue weighted by atomic mass is 10.0. The van der Waals surface area contributed by atoms with E-state index in [1.807, 2.05) is 0 Å². The van der Waals surface area contributed by atoms with E-state index in [1.54, 1.807) is 18.2 Å². The third-order valence-electron chi connectivity index (χ3n) is 4.15. The van der Waals surface area contributed by atoms with Crippen LogP contribution in [0.15, 0.2) is 71.6 Å². The first-order valence-corrected chi connectivity index (χ1v) is 9.96. The number of methoxy groups -OCH3 is 1. The Labute approximate surface area is 172 Å². The molecule has 0 atom stereocenters. The highest BCUT2D eigenvalue weighted by Gasteiger charge is 2.26. The summed E-state index contributed by atoms with van der Waals surface area (Å²) in [5, 5.41) is 9.86. The molecule has 0 saturated heterocycles. The summed E-state index contributed by atoms with van der Waals surface area (Å²) < 4.78 is 43.3. The zero-order valence-electron chi connectivity index (χ0n) is 15.6. The van der Waals surface area contributed by atoms with Gasteiger partial charge in [0.25, 0.3) is 10.1 Å². The molecule has 3 rings (SSSR count). The summed E-state index contributed by atoms with van der Waals surface area (Å²) >= 11 is 0. The van der Waals surface area contributed by atoms with Gasteiger partial charge in [0.15, 0.2) is 5.78 Å². The Morgan fingerprint density at radius 3 is 2.10 bits per heavy atom. The number of aromatic hydroxyl groups is 1. The van der Waals surface area contributed by atoms with Crippen LogP contribution < -0.4 is 9.47 Å². The molecule has 8 nitrogen and oxygen atoms in total. The summed E-state index contributed by atoms with van der Waals surface area (Å²) in [6.45, 7) is 0. The van der Waals surface area contributed by atoms with E-state index in [0.29, 0.717) is 0 Å². The van der Waals surface area contributed by atoms with Crippen molar-refractivity contribution in [3.63, 3.8) is 0 Å². The second kappa shape index (κ2) is 8.36. The molecule has 0 spiro atoms. The predicted octanol–water partition coefficient (Wildman–Crippen LogP) is 3.10. The molecule has 3 aromatic carbocycles. The van der Waals surface area contributed by atoms with E-state index >= 15 is 0 Å². The van der Waals surface area contributed by atoms with Gasteiger partial charge in [-0.15, -0.1) is 0 Å². The quantitative estimate of drug-likeness (QED) is 0.265. The van der Waals surface area contributed by atoms with Crippen molar-refractivity contribution < 1.29 is 37.1 Å². The van der Waals surface area contributed by atoms with Gasteiger partial charge in [0.2, 0.25) is 0 Å². The number of esters is 1. The molecule has 9 heteroatoms. The van der Waals surface area contributed by atoms with Crippen molar-refractivity contribution in [2.75, 3.05) is 7.11 Å². The van der Waals surface area contributed by atoms with E-state index in [2.05, 4.69) is 0 Å². The third-order valence-corrected chi connectivity index (χ3v) is 5.03. The maximum atomic E-state index is 13.0. The normalized spacial score (nSPS) is 11.0. The molecule has 30 heavy (non-hydrogen) atoms. The van der Waals surface area contributed by atoms with Crippen molar-refractivity contribution in [1.29, 1.82) is 0 Å². The number of ether oxygens (including phenoxy) is 2. The summed E-state index contributed by atoms with van der Waals surface area (Å²) in [5.74, 6) is -2.59. The summed E-state index contributed by atoms with van der Waals surface area (Å²) in [6, 6.07) is 15.4. The average Bonchev–Trinajstić information content (AvgIpc) is 2.73. The lowest BCUT2D eigenvalue weighted by Crippen LogP contribution is -2.14. The minimum Gasteiger partial charge on any atom is -0.507 e. The highest BCUT2D eigenvalue weighted by Crippen LogP contribution is 2.34. The minimum atomic E-state index is -4.75. The molecule has 0 amide bonds. The molecule has 0 aliphatic rings. The van der Waals surface area contributed by atoms with E-state index < -0.39 is 26.8 Å². The largest absolute Gasteiger partial charge is 0.507 e. The second-order valence-corrected chi connectivity index (χ2v) is 7.47. The van der Waals surface area contributed by atoms with Gasteiger partial charge in [0.05, 0.1) is 12.7 Å². The van der Waals surface area contributed by atoms with Crippen LogP contribution in [-0.4, -0.2) is 36.9 Å². The van der Waals surface area contributed by atoms with Crippen molar-refractivity contribution in [3.8, 4) is 17.2 Å². The molecule has 154 valence electrons. The molecule has 0 radical (unpaired) electrons. The zero-order valence-corrected chi connectivity index (χ0v) is 16.4. The van der Waals surface area contributed by atoms with E-state index in [1.165, 1.54) is 36.4 Å². The summed E-state index contributed by atoms with van der Waals surface area (Å²) in [5.41, 5.74) is -0.254. The van der Waals surface area contributed by atoms with Gasteiger partial charge in [0, 0.05) is 11.6 Å². The van der Waals surface area contributed by atoms with Gasteiger partial charge in [0.1, 0.15) is 27.7 Å². The Hall–Kier alpha value is -3.69. The van der Waals surface area contributed by atoms with Gasteiger partial charge < -0.3 is 14.6 Å². The number of hydrogen-bond acceptors (Lipinski definition) is 7. The first kappa shape index (κ1) is 21.0. The van der Waals surface area contributed by atoms with Gasteiger partial charge in [-0.05, 0) is 18.2 Å². The van der Waals surface area contributed by atoms with Crippen molar-refractivity contribution in [1.82, 2.24) is 0 Å². The molecule has 3 aromatic rings. The zero-order chi connectivity index (χ0) is 21.9. The lowest BCUT2D eigenvalue weighted by molar-refractivity contribution is 0.0729. The second-order valence-electron chi connectivity index (χ2n) is 6.08. The first-order chi connectivity index (χ1) is 14.2.